The number of nitrogens with zero attached hydrogens (tertiary/aromatic N) is 1. The van der Waals surface area contributed by atoms with Crippen molar-refractivity contribution in [3.05, 3.63) is 65.6 Å². The molecule has 0 fully saturated rings. The van der Waals surface area contributed by atoms with Crippen LogP contribution in [0, 0.1) is 6.92 Å². The first-order chi connectivity index (χ1) is 13.1. The normalized spacial score (nSPS) is 12.2. The Hall–Kier alpha value is -3.53. The van der Waals surface area contributed by atoms with Crippen LogP contribution < -0.4 is 10.8 Å². The van der Waals surface area contributed by atoms with Crippen molar-refractivity contribution >= 4 is 54.8 Å². The zero-order valence-electron chi connectivity index (χ0n) is 15.0. The number of furan rings is 1. The molecular weight excluding hydrogens is 336 g/mol. The number of benzene rings is 3. The van der Waals surface area contributed by atoms with Gasteiger partial charge in [0.05, 0.1) is 17.0 Å². The summed E-state index contributed by atoms with van der Waals surface area (Å²) in [5, 5.41) is 12.0. The average Bonchev–Trinajstić information content (AvgIpc) is 3.00. The molecule has 0 amide bonds. The smallest absolute Gasteiger partial charge is 0.200 e. The first-order valence-corrected chi connectivity index (χ1v) is 8.97. The largest absolute Gasteiger partial charge is 0.456 e. The van der Waals surface area contributed by atoms with Crippen LogP contribution in [0.5, 0.6) is 0 Å². The second kappa shape index (κ2) is 4.80. The zero-order valence-corrected chi connectivity index (χ0v) is 15.0. The lowest BCUT2D eigenvalue weighted by Gasteiger charge is -2.14. The maximum absolute atomic E-state index is 6.36. The summed E-state index contributed by atoms with van der Waals surface area (Å²) < 4.78 is 14.8. The Balaban J connectivity index is 1.99. The number of hydrogen-bond acceptors (Lipinski definition) is 2. The van der Waals surface area contributed by atoms with Crippen LogP contribution in [0.25, 0.3) is 54.8 Å². The van der Waals surface area contributed by atoms with Gasteiger partial charge in [0.1, 0.15) is 22.3 Å². The first-order valence-electron chi connectivity index (χ1n) is 8.97. The average molecular weight is 353 g/mol. The van der Waals surface area contributed by atoms with Crippen LogP contribution in [0.1, 0.15) is 5.56 Å². The van der Waals surface area contributed by atoms with Crippen molar-refractivity contribution in [1.82, 2.24) is 4.57 Å². The molecular formula is C23H17N2O2+. The van der Waals surface area contributed by atoms with Gasteiger partial charge >= 0.3 is 0 Å². The Kier molecular flexibility index (Phi) is 2.60. The first kappa shape index (κ1) is 14.6. The van der Waals surface area contributed by atoms with Crippen molar-refractivity contribution in [2.75, 3.05) is 0 Å². The van der Waals surface area contributed by atoms with Crippen LogP contribution in [0.4, 0.5) is 0 Å². The van der Waals surface area contributed by atoms with Crippen molar-refractivity contribution in [3.8, 4) is 0 Å². The molecule has 0 bridgehead atoms. The van der Waals surface area contributed by atoms with E-state index in [0.29, 0.717) is 5.36 Å². The van der Waals surface area contributed by atoms with E-state index in [2.05, 4.69) is 42.9 Å². The Morgan fingerprint density at radius 2 is 1.70 bits per heavy atom. The minimum absolute atomic E-state index is 0.696. The highest BCUT2D eigenvalue weighted by atomic mass is 16.3. The molecule has 2 N–H and O–H groups in total. The van der Waals surface area contributed by atoms with Crippen molar-refractivity contribution in [2.24, 2.45) is 7.05 Å². The van der Waals surface area contributed by atoms with Gasteiger partial charge in [0.25, 0.3) is 0 Å². The van der Waals surface area contributed by atoms with Crippen LogP contribution in [0.15, 0.2) is 63.6 Å². The van der Waals surface area contributed by atoms with Gasteiger partial charge in [0.15, 0.2) is 5.36 Å². The fourth-order valence-electron chi connectivity index (χ4n) is 4.30. The second-order valence-electron chi connectivity index (χ2n) is 7.22. The van der Waals surface area contributed by atoms with Crippen LogP contribution in [0.2, 0.25) is 0 Å². The Bertz CT molecular complexity index is 1610. The molecule has 0 unspecified atom stereocenters. The molecule has 0 atom stereocenters. The van der Waals surface area contributed by atoms with Crippen molar-refractivity contribution < 1.29 is 14.2 Å². The van der Waals surface area contributed by atoms with E-state index in [1.165, 1.54) is 5.56 Å². The summed E-state index contributed by atoms with van der Waals surface area (Å²) in [6.07, 6.45) is 2.09. The summed E-state index contributed by atoms with van der Waals surface area (Å²) in [5.74, 6) is 0. The van der Waals surface area contributed by atoms with E-state index < -0.39 is 0 Å². The number of pyridine rings is 1. The number of aromatic nitrogens is 1. The van der Waals surface area contributed by atoms with Crippen LogP contribution >= 0.6 is 0 Å². The molecule has 0 spiro atoms. The molecule has 0 saturated heterocycles. The maximum atomic E-state index is 6.36. The zero-order chi connectivity index (χ0) is 18.3. The molecule has 4 heteroatoms. The van der Waals surface area contributed by atoms with Crippen molar-refractivity contribution in [1.29, 1.82) is 0 Å². The molecule has 3 heterocycles. The lowest BCUT2D eigenvalue weighted by Crippen LogP contribution is -2.44. The van der Waals surface area contributed by atoms with Gasteiger partial charge in [0.2, 0.25) is 0 Å². The second-order valence-corrected chi connectivity index (χ2v) is 7.22. The highest BCUT2D eigenvalue weighted by molar-refractivity contribution is 6.26. The van der Waals surface area contributed by atoms with Crippen molar-refractivity contribution in [3.63, 3.8) is 0 Å². The fraction of sp³-hybridized carbons (Fsp3) is 0.0870. The predicted molar refractivity (Wildman–Crippen MR) is 107 cm³/mol. The SMILES string of the molecule is Cc1cccc2oc3cc4c5ccc(=[NH2+])cc5oc4c4ccn(C)c(c12)c34. The molecule has 6 rings (SSSR count). The van der Waals surface area contributed by atoms with E-state index in [0.717, 1.165) is 54.8 Å². The lowest BCUT2D eigenvalue weighted by atomic mass is 10.0. The molecule has 4 nitrogen and oxygen atoms in total. The fourth-order valence-corrected chi connectivity index (χ4v) is 4.30. The monoisotopic (exact) mass is 353 g/mol. The standard InChI is InChI=1S/C23H16N2O2/c1-12-4-3-5-17-20(12)22-21-15(8-9-25(22)2)23-16(11-19(21)26-17)14-7-6-13(24)10-18(14)27-23/h3-11,24H,1-2H3/p+1. The number of rotatable bonds is 0. The summed E-state index contributed by atoms with van der Waals surface area (Å²) in [4.78, 5) is 0. The quantitative estimate of drug-likeness (QED) is 0.332. The van der Waals surface area contributed by atoms with E-state index in [-0.39, 0.29) is 0 Å². The summed E-state index contributed by atoms with van der Waals surface area (Å²) in [6, 6.07) is 16.2. The molecule has 0 aliphatic rings. The highest BCUT2D eigenvalue weighted by Crippen LogP contribution is 2.41. The van der Waals surface area contributed by atoms with E-state index in [1.807, 2.05) is 30.3 Å². The molecule has 0 saturated carbocycles. The molecule has 3 aromatic heterocycles. The topological polar surface area (TPSA) is 56.8 Å². The minimum Gasteiger partial charge on any atom is -0.456 e. The predicted octanol–water partition coefficient (Wildman–Crippen LogP) is 3.95. The number of aryl methyl sites for hydroxylation is 2. The van der Waals surface area contributed by atoms with E-state index in [4.69, 9.17) is 14.2 Å². The molecule has 6 aromatic rings. The Morgan fingerprint density at radius 3 is 2.59 bits per heavy atom. The third kappa shape index (κ3) is 1.79. The summed E-state index contributed by atoms with van der Waals surface area (Å²) >= 11 is 0. The molecule has 0 aliphatic heterocycles. The minimum atomic E-state index is 0.696. The summed E-state index contributed by atoms with van der Waals surface area (Å²) in [7, 11) is 2.07. The number of fused-ring (bicyclic) bond motifs is 6. The van der Waals surface area contributed by atoms with Gasteiger partial charge in [-0.3, -0.25) is 5.41 Å². The van der Waals surface area contributed by atoms with Gasteiger partial charge in [-0.15, -0.1) is 0 Å². The number of hydrogen-bond donors (Lipinski definition) is 1. The third-order valence-corrected chi connectivity index (χ3v) is 5.53. The summed E-state index contributed by atoms with van der Waals surface area (Å²) in [5.41, 5.74) is 5.77. The number of nitrogens with two attached hydrogens (primary N) is 1. The van der Waals surface area contributed by atoms with E-state index in [1.54, 1.807) is 0 Å². The van der Waals surface area contributed by atoms with Gasteiger partial charge < -0.3 is 13.4 Å². The molecule has 0 aliphatic carbocycles. The molecule has 3 aromatic carbocycles. The summed E-state index contributed by atoms with van der Waals surface area (Å²) in [6.45, 7) is 2.12. The van der Waals surface area contributed by atoms with Crippen LogP contribution in [0.3, 0.4) is 0 Å². The van der Waals surface area contributed by atoms with Crippen molar-refractivity contribution in [2.45, 2.75) is 6.92 Å². The van der Waals surface area contributed by atoms with Crippen LogP contribution in [-0.2, 0) is 7.05 Å². The van der Waals surface area contributed by atoms with E-state index >= 15 is 0 Å². The van der Waals surface area contributed by atoms with Gasteiger partial charge in [-0.25, -0.2) is 0 Å². The molecule has 0 radical (unpaired) electrons. The van der Waals surface area contributed by atoms with Gasteiger partial charge in [-0.05, 0) is 36.8 Å². The van der Waals surface area contributed by atoms with Gasteiger partial charge in [-0.2, -0.15) is 0 Å². The molecule has 130 valence electrons. The van der Waals surface area contributed by atoms with Crippen LogP contribution in [-0.4, -0.2) is 4.57 Å². The lowest BCUT2D eigenvalue weighted by molar-refractivity contribution is -0.172. The Labute approximate surface area is 153 Å². The van der Waals surface area contributed by atoms with Gasteiger partial charge in [0, 0.05) is 40.9 Å². The van der Waals surface area contributed by atoms with Gasteiger partial charge in [-0.1, -0.05) is 12.1 Å². The van der Waals surface area contributed by atoms with E-state index in [9.17, 15) is 0 Å². The third-order valence-electron chi connectivity index (χ3n) is 5.53. The Morgan fingerprint density at radius 1 is 0.815 bits per heavy atom. The highest BCUT2D eigenvalue weighted by Gasteiger charge is 2.18. The molecule has 27 heavy (non-hydrogen) atoms. The maximum Gasteiger partial charge on any atom is 0.200 e.